The van der Waals surface area contributed by atoms with Crippen molar-refractivity contribution in [2.24, 2.45) is 0 Å². The first-order valence-electron chi connectivity index (χ1n) is 18.8. The van der Waals surface area contributed by atoms with Gasteiger partial charge in [-0.05, 0) is 126 Å². The third-order valence-corrected chi connectivity index (χ3v) is 11.5. The average Bonchev–Trinajstić information content (AvgIpc) is 3.46. The number of hydrogen-bond acceptors (Lipinski definition) is 1. The van der Waals surface area contributed by atoms with Gasteiger partial charge in [-0.1, -0.05) is 166 Å². The minimum absolute atomic E-state index is 0.0483. The van der Waals surface area contributed by atoms with Crippen molar-refractivity contribution in [2.45, 2.75) is 19.3 Å². The van der Waals surface area contributed by atoms with Crippen LogP contribution in [0.25, 0.3) is 66.1 Å². The van der Waals surface area contributed by atoms with Crippen molar-refractivity contribution >= 4 is 38.6 Å². The lowest BCUT2D eigenvalue weighted by atomic mass is 9.82. The minimum Gasteiger partial charge on any atom is -0.310 e. The van der Waals surface area contributed by atoms with E-state index in [1.54, 1.807) is 0 Å². The fourth-order valence-electron chi connectivity index (χ4n) is 8.69. The lowest BCUT2D eigenvalue weighted by molar-refractivity contribution is 0.660. The topological polar surface area (TPSA) is 3.24 Å². The Labute approximate surface area is 317 Å². The van der Waals surface area contributed by atoms with Gasteiger partial charge < -0.3 is 4.90 Å². The van der Waals surface area contributed by atoms with Crippen LogP contribution in [0.5, 0.6) is 0 Å². The minimum atomic E-state index is -0.0483. The third-order valence-electron chi connectivity index (χ3n) is 11.5. The SMILES string of the molecule is CC1(C)c2ccccc2-c2cc(N(c3ccc(-c4cc5ccccc5cc4-c4ccccc4)cc3)c3ccc(-c4cccc5ccccc45)cc3)ccc21. The zero-order valence-corrected chi connectivity index (χ0v) is 30.5. The molecule has 1 nitrogen and oxygen atoms in total. The monoisotopic (exact) mass is 689 g/mol. The van der Waals surface area contributed by atoms with Crippen molar-refractivity contribution in [3.05, 3.63) is 211 Å². The first-order chi connectivity index (χ1) is 26.5. The standard InChI is InChI=1S/C53H39N/c1-53(2)51-22-11-10-20-47(51)50-35-44(31-32-52(50)53)54(42-27-23-38(24-28-42)46-21-12-18-36-15-8-9-19-45(36)46)43-29-25-39(26-30-43)49-34-41-17-7-6-16-40(41)33-48(49)37-13-4-3-5-14-37/h3-35H,1-2H3. The zero-order chi connectivity index (χ0) is 36.2. The molecule has 9 aromatic rings. The summed E-state index contributed by atoms with van der Waals surface area (Å²) in [6.45, 7) is 4.69. The smallest absolute Gasteiger partial charge is 0.0468 e. The van der Waals surface area contributed by atoms with Crippen LogP contribution in [0.15, 0.2) is 200 Å². The second kappa shape index (κ2) is 12.8. The van der Waals surface area contributed by atoms with E-state index in [4.69, 9.17) is 0 Å². The molecule has 0 atom stereocenters. The first-order valence-corrected chi connectivity index (χ1v) is 18.8. The molecular formula is C53H39N. The molecule has 0 aromatic heterocycles. The van der Waals surface area contributed by atoms with Crippen LogP contribution in [-0.4, -0.2) is 0 Å². The Morgan fingerprint density at radius 2 is 0.796 bits per heavy atom. The van der Waals surface area contributed by atoms with E-state index in [1.807, 2.05) is 0 Å². The maximum atomic E-state index is 2.41. The van der Waals surface area contributed by atoms with Crippen LogP contribution in [0.3, 0.4) is 0 Å². The molecule has 0 saturated carbocycles. The largest absolute Gasteiger partial charge is 0.310 e. The Bertz CT molecular complexity index is 2820. The molecule has 0 radical (unpaired) electrons. The maximum absolute atomic E-state index is 2.41. The van der Waals surface area contributed by atoms with Gasteiger partial charge in [0.05, 0.1) is 0 Å². The molecule has 1 aliphatic carbocycles. The summed E-state index contributed by atoms with van der Waals surface area (Å²) < 4.78 is 0. The molecule has 1 heteroatoms. The van der Waals surface area contributed by atoms with E-state index in [9.17, 15) is 0 Å². The number of hydrogen-bond donors (Lipinski definition) is 0. The van der Waals surface area contributed by atoms with Gasteiger partial charge >= 0.3 is 0 Å². The molecule has 0 aliphatic heterocycles. The number of nitrogens with zero attached hydrogens (tertiary/aromatic N) is 1. The molecule has 9 aromatic carbocycles. The normalized spacial score (nSPS) is 12.8. The van der Waals surface area contributed by atoms with Crippen LogP contribution >= 0.6 is 0 Å². The fraction of sp³-hybridized carbons (Fsp3) is 0.0566. The van der Waals surface area contributed by atoms with Gasteiger partial charge in [-0.15, -0.1) is 0 Å². The Balaban J connectivity index is 1.11. The Morgan fingerprint density at radius 1 is 0.315 bits per heavy atom. The zero-order valence-electron chi connectivity index (χ0n) is 30.5. The van der Waals surface area contributed by atoms with Crippen molar-refractivity contribution in [2.75, 3.05) is 4.90 Å². The summed E-state index contributed by atoms with van der Waals surface area (Å²) in [7, 11) is 0. The van der Waals surface area contributed by atoms with E-state index in [2.05, 4.69) is 219 Å². The molecule has 0 unspecified atom stereocenters. The van der Waals surface area contributed by atoms with Crippen molar-refractivity contribution in [3.8, 4) is 44.5 Å². The van der Waals surface area contributed by atoms with Crippen LogP contribution in [0.4, 0.5) is 17.1 Å². The molecule has 54 heavy (non-hydrogen) atoms. The molecular weight excluding hydrogens is 651 g/mol. The predicted molar refractivity (Wildman–Crippen MR) is 230 cm³/mol. The molecule has 0 heterocycles. The molecule has 0 N–H and O–H groups in total. The van der Waals surface area contributed by atoms with Gasteiger partial charge in [0.15, 0.2) is 0 Å². The molecule has 0 bridgehead atoms. The molecule has 1 aliphatic rings. The predicted octanol–water partition coefficient (Wildman–Crippen LogP) is 14.8. The van der Waals surface area contributed by atoms with Crippen LogP contribution in [0.1, 0.15) is 25.0 Å². The highest BCUT2D eigenvalue weighted by molar-refractivity contribution is 5.98. The molecule has 0 saturated heterocycles. The van der Waals surface area contributed by atoms with Gasteiger partial charge in [0.1, 0.15) is 0 Å². The van der Waals surface area contributed by atoms with Gasteiger partial charge in [-0.2, -0.15) is 0 Å². The Hall–Kier alpha value is -6.70. The van der Waals surface area contributed by atoms with E-state index in [0.29, 0.717) is 0 Å². The summed E-state index contributed by atoms with van der Waals surface area (Å²) in [6.07, 6.45) is 0. The first kappa shape index (κ1) is 32.0. The highest BCUT2D eigenvalue weighted by atomic mass is 15.1. The van der Waals surface area contributed by atoms with Crippen molar-refractivity contribution < 1.29 is 0 Å². The average molecular weight is 690 g/mol. The molecule has 0 fully saturated rings. The Morgan fingerprint density at radius 3 is 1.48 bits per heavy atom. The summed E-state index contributed by atoms with van der Waals surface area (Å²) in [6, 6.07) is 73.4. The van der Waals surface area contributed by atoms with Crippen LogP contribution in [0, 0.1) is 0 Å². The van der Waals surface area contributed by atoms with Gasteiger partial charge in [-0.3, -0.25) is 0 Å². The summed E-state index contributed by atoms with van der Waals surface area (Å²) in [5.41, 5.74) is 16.1. The van der Waals surface area contributed by atoms with Gasteiger partial charge in [0.25, 0.3) is 0 Å². The van der Waals surface area contributed by atoms with Crippen LogP contribution in [-0.2, 0) is 5.41 Å². The summed E-state index contributed by atoms with van der Waals surface area (Å²) >= 11 is 0. The van der Waals surface area contributed by atoms with Crippen LogP contribution in [0.2, 0.25) is 0 Å². The van der Waals surface area contributed by atoms with Crippen LogP contribution < -0.4 is 4.90 Å². The quantitative estimate of drug-likeness (QED) is 0.168. The fourth-order valence-corrected chi connectivity index (χ4v) is 8.69. The van der Waals surface area contributed by atoms with E-state index in [-0.39, 0.29) is 5.41 Å². The maximum Gasteiger partial charge on any atom is 0.0468 e. The second-order valence-electron chi connectivity index (χ2n) is 15.0. The van der Waals surface area contributed by atoms with Crippen molar-refractivity contribution in [1.29, 1.82) is 0 Å². The molecule has 0 spiro atoms. The number of benzene rings is 9. The molecule has 256 valence electrons. The summed E-state index contributed by atoms with van der Waals surface area (Å²) in [5, 5.41) is 5.01. The van der Waals surface area contributed by atoms with E-state index in [0.717, 1.165) is 17.1 Å². The van der Waals surface area contributed by atoms with E-state index >= 15 is 0 Å². The number of fused-ring (bicyclic) bond motifs is 5. The highest BCUT2D eigenvalue weighted by Gasteiger charge is 2.35. The third kappa shape index (κ3) is 5.32. The van der Waals surface area contributed by atoms with E-state index in [1.165, 1.54) is 77.2 Å². The highest BCUT2D eigenvalue weighted by Crippen LogP contribution is 2.51. The van der Waals surface area contributed by atoms with E-state index < -0.39 is 0 Å². The van der Waals surface area contributed by atoms with Gasteiger partial charge in [0.2, 0.25) is 0 Å². The molecule has 10 rings (SSSR count). The Kier molecular flexibility index (Phi) is 7.56. The number of rotatable bonds is 6. The van der Waals surface area contributed by atoms with Gasteiger partial charge in [0, 0.05) is 22.5 Å². The lowest BCUT2D eigenvalue weighted by Crippen LogP contribution is -2.15. The second-order valence-corrected chi connectivity index (χ2v) is 15.0. The lowest BCUT2D eigenvalue weighted by Gasteiger charge is -2.27. The van der Waals surface area contributed by atoms with Crippen molar-refractivity contribution in [3.63, 3.8) is 0 Å². The summed E-state index contributed by atoms with van der Waals surface area (Å²) in [4.78, 5) is 2.41. The summed E-state index contributed by atoms with van der Waals surface area (Å²) in [5.74, 6) is 0. The molecule has 0 amide bonds. The van der Waals surface area contributed by atoms with Gasteiger partial charge in [-0.25, -0.2) is 0 Å². The van der Waals surface area contributed by atoms with Crippen molar-refractivity contribution in [1.82, 2.24) is 0 Å². The number of anilines is 3.